The highest BCUT2D eigenvalue weighted by atomic mass is 35.5. The molecule has 1 aromatic carbocycles. The zero-order chi connectivity index (χ0) is 22.0. The first-order valence-electron chi connectivity index (χ1n) is 9.84. The zero-order valence-electron chi connectivity index (χ0n) is 17.2. The van der Waals surface area contributed by atoms with Crippen LogP contribution in [0.5, 0.6) is 0 Å². The highest BCUT2D eigenvalue weighted by Crippen LogP contribution is 2.32. The Kier molecular flexibility index (Phi) is 6.43. The summed E-state index contributed by atoms with van der Waals surface area (Å²) in [6, 6.07) is 14.5. The number of pyridine rings is 2. The summed E-state index contributed by atoms with van der Waals surface area (Å²) in [5.41, 5.74) is 3.71. The van der Waals surface area contributed by atoms with Gasteiger partial charge in [0.2, 0.25) is 5.91 Å². The van der Waals surface area contributed by atoms with Crippen molar-refractivity contribution in [1.82, 2.24) is 15.3 Å². The third-order valence-electron chi connectivity index (χ3n) is 5.03. The van der Waals surface area contributed by atoms with E-state index >= 15 is 0 Å². The van der Waals surface area contributed by atoms with E-state index in [1.807, 2.05) is 32.0 Å². The number of rotatable bonds is 5. The number of anilines is 2. The van der Waals surface area contributed by atoms with Crippen molar-refractivity contribution in [2.24, 2.45) is 0 Å². The molecule has 0 radical (unpaired) electrons. The van der Waals surface area contributed by atoms with Crippen LogP contribution >= 0.6 is 11.6 Å². The van der Waals surface area contributed by atoms with Gasteiger partial charge in [-0.15, -0.1) is 0 Å². The number of amides is 1. The largest absolute Gasteiger partial charge is 0.587 e. The van der Waals surface area contributed by atoms with Gasteiger partial charge in [0.05, 0.1) is 17.3 Å². The van der Waals surface area contributed by atoms with E-state index in [4.69, 9.17) is 11.6 Å². The van der Waals surface area contributed by atoms with Gasteiger partial charge in [-0.05, 0) is 43.2 Å². The third-order valence-corrected chi connectivity index (χ3v) is 6.33. The van der Waals surface area contributed by atoms with Gasteiger partial charge in [0.15, 0.2) is 5.82 Å². The molecule has 0 saturated carbocycles. The molecule has 1 fully saturated rings. The predicted octanol–water partition coefficient (Wildman–Crippen LogP) is 3.48. The molecule has 160 valence electrons. The van der Waals surface area contributed by atoms with Gasteiger partial charge >= 0.3 is 0 Å². The van der Waals surface area contributed by atoms with Crippen LogP contribution in [0.25, 0.3) is 11.3 Å². The molecule has 1 aliphatic rings. The highest BCUT2D eigenvalue weighted by Gasteiger charge is 2.23. The number of aromatic nitrogens is 2. The van der Waals surface area contributed by atoms with E-state index in [1.54, 1.807) is 35.2 Å². The molecular formula is C22H22ClN5O2S. The maximum absolute atomic E-state index is 12.9. The van der Waals surface area contributed by atoms with E-state index in [0.29, 0.717) is 40.5 Å². The molecular weight excluding hydrogens is 434 g/mol. The summed E-state index contributed by atoms with van der Waals surface area (Å²) >= 11 is 4.77. The molecule has 1 atom stereocenters. The second-order valence-electron chi connectivity index (χ2n) is 7.22. The van der Waals surface area contributed by atoms with E-state index in [2.05, 4.69) is 20.0 Å². The standard InChI is InChI=1S/C22H22ClN5O2S/c1-14-5-3-6-15(2)21(14)22-16(23)9-10-17(25-22)27-31(30)19-8-4-7-18(26-19)28-12-11-24-13-20(28)29/h3-10,24H,11-13H2,1-2H3,(H,25,27). The molecule has 3 aromatic rings. The van der Waals surface area contributed by atoms with Crippen molar-refractivity contribution in [3.8, 4) is 11.3 Å². The van der Waals surface area contributed by atoms with Gasteiger partial charge in [0.25, 0.3) is 5.03 Å². The van der Waals surface area contributed by atoms with Crippen molar-refractivity contribution in [3.63, 3.8) is 0 Å². The lowest BCUT2D eigenvalue weighted by atomic mass is 9.99. The lowest BCUT2D eigenvalue weighted by Gasteiger charge is -2.26. The Hall–Kier alpha value is -2.65. The molecule has 0 spiro atoms. The molecule has 7 nitrogen and oxygen atoms in total. The first kappa shape index (κ1) is 21.6. The molecule has 1 aliphatic heterocycles. The van der Waals surface area contributed by atoms with Crippen LogP contribution in [-0.2, 0) is 16.2 Å². The molecule has 1 saturated heterocycles. The fourth-order valence-electron chi connectivity index (χ4n) is 3.52. The van der Waals surface area contributed by atoms with Gasteiger partial charge in [-0.2, -0.15) is 9.71 Å². The van der Waals surface area contributed by atoms with Crippen molar-refractivity contribution in [1.29, 1.82) is 0 Å². The van der Waals surface area contributed by atoms with Gasteiger partial charge in [0.1, 0.15) is 17.2 Å². The molecule has 31 heavy (non-hydrogen) atoms. The summed E-state index contributed by atoms with van der Waals surface area (Å²) < 4.78 is 15.8. The third kappa shape index (κ3) is 4.67. The Morgan fingerprint density at radius 2 is 1.84 bits per heavy atom. The Labute approximate surface area is 189 Å². The highest BCUT2D eigenvalue weighted by molar-refractivity contribution is 7.92. The lowest BCUT2D eigenvalue weighted by Crippen LogP contribution is -2.48. The fourth-order valence-corrected chi connectivity index (χ4v) is 4.50. The summed E-state index contributed by atoms with van der Waals surface area (Å²) in [6.07, 6.45) is 0. The Morgan fingerprint density at radius 3 is 2.58 bits per heavy atom. The fraction of sp³-hybridized carbons (Fsp3) is 0.227. The van der Waals surface area contributed by atoms with Crippen LogP contribution in [0.1, 0.15) is 11.1 Å². The maximum atomic E-state index is 12.9. The minimum absolute atomic E-state index is 0.0627. The monoisotopic (exact) mass is 455 g/mol. The number of nitrogens with one attached hydrogen (secondary N) is 2. The smallest absolute Gasteiger partial charge is 0.273 e. The number of carbonyl (C=O) groups excluding carboxylic acids is 1. The van der Waals surface area contributed by atoms with E-state index in [1.165, 1.54) is 0 Å². The number of aryl methyl sites for hydroxylation is 2. The molecule has 0 aliphatic carbocycles. The number of hydrogen-bond donors (Lipinski definition) is 2. The van der Waals surface area contributed by atoms with Crippen LogP contribution in [0.3, 0.4) is 0 Å². The molecule has 3 heterocycles. The normalized spacial score (nSPS) is 15.1. The van der Waals surface area contributed by atoms with Crippen LogP contribution in [0.4, 0.5) is 11.6 Å². The van der Waals surface area contributed by atoms with Crippen molar-refractivity contribution < 1.29 is 9.35 Å². The van der Waals surface area contributed by atoms with Gasteiger partial charge in [-0.3, -0.25) is 9.69 Å². The maximum Gasteiger partial charge on any atom is 0.273 e. The topological polar surface area (TPSA) is 93.2 Å². The van der Waals surface area contributed by atoms with Crippen molar-refractivity contribution >= 4 is 40.5 Å². The van der Waals surface area contributed by atoms with Crippen LogP contribution in [-0.4, -0.2) is 40.1 Å². The Bertz CT molecular complexity index is 1110. The molecule has 9 heteroatoms. The molecule has 4 rings (SSSR count). The average Bonchev–Trinajstić information content (AvgIpc) is 2.76. The predicted molar refractivity (Wildman–Crippen MR) is 124 cm³/mol. The van der Waals surface area contributed by atoms with Gasteiger partial charge in [-0.1, -0.05) is 35.9 Å². The zero-order valence-corrected chi connectivity index (χ0v) is 18.8. The SMILES string of the molecule is Cc1cccc(C)c1-c1nc(N[S+]([O-])c2cccc(N3CCNCC3=O)n2)ccc1Cl. The minimum atomic E-state index is -1.66. The van der Waals surface area contributed by atoms with E-state index in [9.17, 15) is 9.35 Å². The Balaban J connectivity index is 1.59. The first-order chi connectivity index (χ1) is 14.9. The number of halogens is 1. The second-order valence-corrected chi connectivity index (χ2v) is 8.79. The summed E-state index contributed by atoms with van der Waals surface area (Å²) in [7, 11) is 0. The molecule has 0 bridgehead atoms. The van der Waals surface area contributed by atoms with E-state index in [-0.39, 0.29) is 12.5 Å². The summed E-state index contributed by atoms with van der Waals surface area (Å²) in [5.74, 6) is 0.845. The quantitative estimate of drug-likeness (QED) is 0.572. The van der Waals surface area contributed by atoms with Crippen LogP contribution in [0.2, 0.25) is 5.02 Å². The second kappa shape index (κ2) is 9.23. The first-order valence-corrected chi connectivity index (χ1v) is 11.4. The number of piperazine rings is 1. The Morgan fingerprint density at radius 1 is 1.10 bits per heavy atom. The van der Waals surface area contributed by atoms with Gasteiger partial charge < -0.3 is 9.87 Å². The minimum Gasteiger partial charge on any atom is -0.587 e. The number of benzene rings is 1. The molecule has 1 unspecified atom stereocenters. The summed E-state index contributed by atoms with van der Waals surface area (Å²) in [6.45, 7) is 5.49. The van der Waals surface area contributed by atoms with Crippen LogP contribution in [0.15, 0.2) is 53.6 Å². The molecule has 1 amide bonds. The summed E-state index contributed by atoms with van der Waals surface area (Å²) in [5, 5.41) is 3.86. The van der Waals surface area contributed by atoms with Gasteiger partial charge in [-0.25, -0.2) is 4.98 Å². The number of carbonyl (C=O) groups is 1. The molecule has 2 aromatic heterocycles. The van der Waals surface area contributed by atoms with Crippen molar-refractivity contribution in [2.45, 2.75) is 18.9 Å². The summed E-state index contributed by atoms with van der Waals surface area (Å²) in [4.78, 5) is 22.8. The van der Waals surface area contributed by atoms with Crippen LogP contribution < -0.4 is 14.9 Å². The van der Waals surface area contributed by atoms with Crippen molar-refractivity contribution in [2.75, 3.05) is 29.3 Å². The van der Waals surface area contributed by atoms with E-state index < -0.39 is 11.4 Å². The average molecular weight is 456 g/mol. The van der Waals surface area contributed by atoms with E-state index in [0.717, 1.165) is 16.7 Å². The van der Waals surface area contributed by atoms with Gasteiger partial charge in [0, 0.05) is 24.7 Å². The molecule has 2 N–H and O–H groups in total. The number of nitrogens with zero attached hydrogens (tertiary/aromatic N) is 3. The lowest BCUT2D eigenvalue weighted by molar-refractivity contribution is -0.118. The van der Waals surface area contributed by atoms with Crippen LogP contribution in [0, 0.1) is 13.8 Å². The van der Waals surface area contributed by atoms with Crippen molar-refractivity contribution in [3.05, 3.63) is 64.7 Å². The number of hydrogen-bond acceptors (Lipinski definition) is 6.